The highest BCUT2D eigenvalue weighted by atomic mass is 32.2. The lowest BCUT2D eigenvalue weighted by Crippen LogP contribution is -2.16. The summed E-state index contributed by atoms with van der Waals surface area (Å²) in [5, 5.41) is 0. The lowest BCUT2D eigenvalue weighted by molar-refractivity contribution is 0.0997. The van der Waals surface area contributed by atoms with Crippen LogP contribution in [0.25, 0.3) is 10.2 Å². The molecule has 3 aromatic rings. The van der Waals surface area contributed by atoms with Gasteiger partial charge in [0.2, 0.25) is 0 Å². The van der Waals surface area contributed by atoms with Crippen LogP contribution in [0.15, 0.2) is 58.4 Å². The molecule has 5 nitrogen and oxygen atoms in total. The minimum atomic E-state index is -3.36. The summed E-state index contributed by atoms with van der Waals surface area (Å²) in [5.74, 6) is -0.449. The number of amides is 1. The number of aromatic nitrogens is 1. The molecular weight excluding hydrogens is 356 g/mol. The maximum atomic E-state index is 12.6. The zero-order valence-corrected chi connectivity index (χ0v) is 15.6. The number of thiazole rings is 1. The summed E-state index contributed by atoms with van der Waals surface area (Å²) in [7, 11) is -3.36. The van der Waals surface area contributed by atoms with Crippen LogP contribution >= 0.6 is 11.3 Å². The largest absolute Gasteiger partial charge is 0.317 e. The van der Waals surface area contributed by atoms with Gasteiger partial charge in [-0.05, 0) is 37.3 Å². The molecular formula is C18H18N2O3S2. The fraction of sp³-hybridized carbons (Fsp3) is 0.222. The molecule has 25 heavy (non-hydrogen) atoms. The highest BCUT2D eigenvalue weighted by Gasteiger charge is 2.14. The van der Waals surface area contributed by atoms with Gasteiger partial charge in [0.05, 0.1) is 20.9 Å². The smallest absolute Gasteiger partial charge is 0.279 e. The van der Waals surface area contributed by atoms with Crippen molar-refractivity contribution in [2.24, 2.45) is 4.99 Å². The number of sulfone groups is 1. The third kappa shape index (κ3) is 3.43. The second-order valence-electron chi connectivity index (χ2n) is 5.44. The molecule has 7 heteroatoms. The topological polar surface area (TPSA) is 68.5 Å². The molecule has 1 heterocycles. The van der Waals surface area contributed by atoms with Gasteiger partial charge in [0.15, 0.2) is 14.6 Å². The van der Waals surface area contributed by atoms with Crippen molar-refractivity contribution >= 4 is 37.3 Å². The average Bonchev–Trinajstić information content (AvgIpc) is 2.98. The molecule has 0 fully saturated rings. The molecule has 130 valence electrons. The van der Waals surface area contributed by atoms with Crippen molar-refractivity contribution in [3.05, 3.63) is 58.9 Å². The number of aryl methyl sites for hydroxylation is 1. The predicted molar refractivity (Wildman–Crippen MR) is 99.6 cm³/mol. The Morgan fingerprint density at radius 1 is 1.12 bits per heavy atom. The van der Waals surface area contributed by atoms with E-state index < -0.39 is 15.7 Å². The summed E-state index contributed by atoms with van der Waals surface area (Å²) < 4.78 is 27.0. The van der Waals surface area contributed by atoms with Gasteiger partial charge in [0, 0.05) is 12.1 Å². The van der Waals surface area contributed by atoms with Gasteiger partial charge in [-0.15, -0.1) is 0 Å². The zero-order valence-electron chi connectivity index (χ0n) is 14.0. The Labute approximate surface area is 150 Å². The van der Waals surface area contributed by atoms with Crippen molar-refractivity contribution < 1.29 is 13.2 Å². The van der Waals surface area contributed by atoms with Crippen LogP contribution < -0.4 is 4.80 Å². The molecule has 0 radical (unpaired) electrons. The van der Waals surface area contributed by atoms with Gasteiger partial charge >= 0.3 is 0 Å². The fourth-order valence-corrected chi connectivity index (χ4v) is 4.57. The van der Waals surface area contributed by atoms with Crippen LogP contribution in [0.1, 0.15) is 24.2 Å². The van der Waals surface area contributed by atoms with Crippen molar-refractivity contribution in [1.29, 1.82) is 0 Å². The van der Waals surface area contributed by atoms with Crippen LogP contribution in [0.4, 0.5) is 0 Å². The number of nitrogens with zero attached hydrogens (tertiary/aromatic N) is 2. The summed E-state index contributed by atoms with van der Waals surface area (Å²) in [6.07, 6.45) is 0. The maximum absolute atomic E-state index is 12.6. The van der Waals surface area contributed by atoms with Crippen molar-refractivity contribution in [3.8, 4) is 0 Å². The summed E-state index contributed by atoms with van der Waals surface area (Å²) in [5.41, 5.74) is 1.30. The minimum Gasteiger partial charge on any atom is -0.317 e. The lowest BCUT2D eigenvalue weighted by atomic mass is 10.2. The van der Waals surface area contributed by atoms with E-state index in [-0.39, 0.29) is 16.2 Å². The standard InChI is InChI=1S/C18H18N2O3S2/c1-3-20-15-10-5-6-11-16(15)24-18(20)19-17(21)13-8-7-9-14(12-13)25(22,23)4-2/h5-12H,3-4H2,1-2H3. The van der Waals surface area contributed by atoms with E-state index in [0.29, 0.717) is 11.3 Å². The van der Waals surface area contributed by atoms with Crippen LogP contribution in [-0.4, -0.2) is 24.6 Å². The van der Waals surface area contributed by atoms with Crippen LogP contribution in [0.2, 0.25) is 0 Å². The Balaban J connectivity index is 2.09. The summed E-state index contributed by atoms with van der Waals surface area (Å²) >= 11 is 1.44. The second-order valence-corrected chi connectivity index (χ2v) is 8.73. The molecule has 0 atom stereocenters. The molecule has 0 bridgehead atoms. The number of para-hydroxylation sites is 1. The maximum Gasteiger partial charge on any atom is 0.279 e. The van der Waals surface area contributed by atoms with Gasteiger partial charge in [-0.1, -0.05) is 36.5 Å². The first-order valence-corrected chi connectivity index (χ1v) is 10.4. The quantitative estimate of drug-likeness (QED) is 0.704. The first kappa shape index (κ1) is 17.6. The number of hydrogen-bond acceptors (Lipinski definition) is 4. The molecule has 1 amide bonds. The summed E-state index contributed by atoms with van der Waals surface area (Å²) in [6.45, 7) is 4.27. The summed E-state index contributed by atoms with van der Waals surface area (Å²) in [4.78, 5) is 17.6. The molecule has 1 aromatic heterocycles. The fourth-order valence-electron chi connectivity index (χ4n) is 2.55. The zero-order chi connectivity index (χ0) is 18.0. The first-order valence-electron chi connectivity index (χ1n) is 7.96. The number of carbonyl (C=O) groups excluding carboxylic acids is 1. The Hall–Kier alpha value is -2.25. The molecule has 3 rings (SSSR count). The SMILES string of the molecule is CCn1c(=NC(=O)c2cccc(S(=O)(=O)CC)c2)sc2ccccc21. The molecule has 0 unspecified atom stereocenters. The number of rotatable bonds is 4. The molecule has 0 saturated heterocycles. The van der Waals surface area contributed by atoms with Crippen molar-refractivity contribution in [2.45, 2.75) is 25.3 Å². The van der Waals surface area contributed by atoms with Crippen LogP contribution in [0.3, 0.4) is 0 Å². The third-order valence-electron chi connectivity index (χ3n) is 3.92. The molecule has 0 aliphatic heterocycles. The van der Waals surface area contributed by atoms with Crippen LogP contribution in [0.5, 0.6) is 0 Å². The normalized spacial score (nSPS) is 12.6. The number of benzene rings is 2. The molecule has 0 N–H and O–H groups in total. The number of fused-ring (bicyclic) bond motifs is 1. The van der Waals surface area contributed by atoms with Gasteiger partial charge in [-0.3, -0.25) is 4.79 Å². The summed E-state index contributed by atoms with van der Waals surface area (Å²) in [6, 6.07) is 13.9. The number of carbonyl (C=O) groups is 1. The molecule has 0 aliphatic carbocycles. The molecule has 0 saturated carbocycles. The van der Waals surface area contributed by atoms with E-state index >= 15 is 0 Å². The highest BCUT2D eigenvalue weighted by molar-refractivity contribution is 7.91. The van der Waals surface area contributed by atoms with Crippen molar-refractivity contribution in [3.63, 3.8) is 0 Å². The lowest BCUT2D eigenvalue weighted by Gasteiger charge is -2.03. The van der Waals surface area contributed by atoms with E-state index in [1.165, 1.54) is 23.5 Å². The van der Waals surface area contributed by atoms with Gasteiger partial charge < -0.3 is 4.57 Å². The third-order valence-corrected chi connectivity index (χ3v) is 6.71. The van der Waals surface area contributed by atoms with E-state index in [9.17, 15) is 13.2 Å². The predicted octanol–water partition coefficient (Wildman–Crippen LogP) is 3.26. The van der Waals surface area contributed by atoms with Crippen LogP contribution in [0, 0.1) is 0 Å². The molecule has 0 spiro atoms. The molecule has 0 aliphatic rings. The minimum absolute atomic E-state index is 0.00602. The van der Waals surface area contributed by atoms with E-state index in [1.807, 2.05) is 35.8 Å². The Morgan fingerprint density at radius 2 is 1.88 bits per heavy atom. The van der Waals surface area contributed by atoms with Crippen molar-refractivity contribution in [1.82, 2.24) is 4.57 Å². The van der Waals surface area contributed by atoms with E-state index in [0.717, 1.165) is 10.2 Å². The van der Waals surface area contributed by atoms with Gasteiger partial charge in [0.25, 0.3) is 5.91 Å². The van der Waals surface area contributed by atoms with E-state index in [4.69, 9.17) is 0 Å². The van der Waals surface area contributed by atoms with E-state index in [2.05, 4.69) is 4.99 Å². The number of hydrogen-bond donors (Lipinski definition) is 0. The van der Waals surface area contributed by atoms with Gasteiger partial charge in [0.1, 0.15) is 0 Å². The average molecular weight is 374 g/mol. The van der Waals surface area contributed by atoms with E-state index in [1.54, 1.807) is 19.1 Å². The van der Waals surface area contributed by atoms with Gasteiger partial charge in [-0.25, -0.2) is 8.42 Å². The monoisotopic (exact) mass is 374 g/mol. The highest BCUT2D eigenvalue weighted by Crippen LogP contribution is 2.17. The van der Waals surface area contributed by atoms with Crippen molar-refractivity contribution in [2.75, 3.05) is 5.75 Å². The van der Waals surface area contributed by atoms with Crippen LogP contribution in [-0.2, 0) is 16.4 Å². The Bertz CT molecular complexity index is 1110. The Kier molecular flexibility index (Phi) is 4.87. The Morgan fingerprint density at radius 3 is 2.60 bits per heavy atom. The molecule has 2 aromatic carbocycles. The second kappa shape index (κ2) is 6.93. The first-order chi connectivity index (χ1) is 12.0. The van der Waals surface area contributed by atoms with Gasteiger partial charge in [-0.2, -0.15) is 4.99 Å².